The van der Waals surface area contributed by atoms with Gasteiger partial charge in [-0.3, -0.25) is 4.79 Å². The van der Waals surface area contributed by atoms with Crippen molar-refractivity contribution < 1.29 is 18.7 Å². The number of thioether (sulfide) groups is 1. The Bertz CT molecular complexity index is 854. The van der Waals surface area contributed by atoms with Crippen molar-refractivity contribution in [2.75, 3.05) is 6.61 Å². The van der Waals surface area contributed by atoms with Gasteiger partial charge in [-0.15, -0.1) is 0 Å². The number of rotatable bonds is 6. The molecule has 3 rings (SSSR count). The van der Waals surface area contributed by atoms with E-state index in [1.807, 2.05) is 36.4 Å². The van der Waals surface area contributed by atoms with E-state index in [0.29, 0.717) is 16.5 Å². The van der Waals surface area contributed by atoms with E-state index in [1.54, 1.807) is 12.1 Å². The maximum atomic E-state index is 12.1. The second-order valence-electron chi connectivity index (χ2n) is 5.17. The summed E-state index contributed by atoms with van der Waals surface area (Å²) in [6, 6.07) is 14.7. The number of carbonyl (C=O) groups is 2. The Hall–Kier alpha value is -2.60. The second kappa shape index (κ2) is 7.31. The lowest BCUT2D eigenvalue weighted by Crippen LogP contribution is -2.13. The van der Waals surface area contributed by atoms with E-state index < -0.39 is 5.97 Å². The van der Waals surface area contributed by atoms with Gasteiger partial charge in [0.15, 0.2) is 11.4 Å². The van der Waals surface area contributed by atoms with Gasteiger partial charge < -0.3 is 9.15 Å². The molecule has 0 spiro atoms. The van der Waals surface area contributed by atoms with Crippen LogP contribution in [-0.4, -0.2) is 23.3 Å². The zero-order valence-electron chi connectivity index (χ0n) is 13.0. The summed E-state index contributed by atoms with van der Waals surface area (Å²) in [7, 11) is 0. The summed E-state index contributed by atoms with van der Waals surface area (Å²) < 4.78 is 10.7. The van der Waals surface area contributed by atoms with Crippen LogP contribution in [0.4, 0.5) is 0 Å². The summed E-state index contributed by atoms with van der Waals surface area (Å²) in [6.07, 6.45) is 0. The standard InChI is InChI=1S/C18H15NO4S/c1-12(20)10-22-17(21)14-7-3-2-6-13(14)11-24-18-19-15-8-4-5-9-16(15)23-18/h2-9H,10-11H2,1H3. The molecule has 122 valence electrons. The molecule has 0 radical (unpaired) electrons. The fourth-order valence-corrected chi connectivity index (χ4v) is 2.98. The van der Waals surface area contributed by atoms with E-state index in [2.05, 4.69) is 4.98 Å². The molecular formula is C18H15NO4S. The van der Waals surface area contributed by atoms with Crippen LogP contribution >= 0.6 is 11.8 Å². The number of Topliss-reactive ketones (excluding diaryl/α,β-unsaturated/α-hetero) is 1. The number of hydrogen-bond acceptors (Lipinski definition) is 6. The van der Waals surface area contributed by atoms with Crippen molar-refractivity contribution in [1.29, 1.82) is 0 Å². The van der Waals surface area contributed by atoms with Gasteiger partial charge in [-0.1, -0.05) is 42.1 Å². The average molecular weight is 341 g/mol. The van der Waals surface area contributed by atoms with Crippen molar-refractivity contribution in [2.24, 2.45) is 0 Å². The zero-order chi connectivity index (χ0) is 16.9. The fourth-order valence-electron chi connectivity index (χ4n) is 2.14. The highest BCUT2D eigenvalue weighted by molar-refractivity contribution is 7.98. The maximum Gasteiger partial charge on any atom is 0.338 e. The minimum absolute atomic E-state index is 0.193. The Morgan fingerprint density at radius 2 is 1.88 bits per heavy atom. The number of hydrogen-bond donors (Lipinski definition) is 0. The molecule has 0 bridgehead atoms. The number of para-hydroxylation sites is 2. The molecule has 0 unspecified atom stereocenters. The third-order valence-electron chi connectivity index (χ3n) is 3.27. The highest BCUT2D eigenvalue weighted by atomic mass is 32.2. The predicted octanol–water partition coefficient (Wildman–Crippen LogP) is 3.87. The lowest BCUT2D eigenvalue weighted by molar-refractivity contribution is -0.120. The first-order valence-electron chi connectivity index (χ1n) is 7.36. The monoisotopic (exact) mass is 341 g/mol. The van der Waals surface area contributed by atoms with Crippen LogP contribution in [0.15, 0.2) is 58.2 Å². The predicted molar refractivity (Wildman–Crippen MR) is 91.0 cm³/mol. The van der Waals surface area contributed by atoms with Crippen molar-refractivity contribution >= 4 is 34.6 Å². The molecule has 0 N–H and O–H groups in total. The lowest BCUT2D eigenvalue weighted by atomic mass is 10.1. The largest absolute Gasteiger partial charge is 0.454 e. The molecule has 0 saturated heterocycles. The van der Waals surface area contributed by atoms with Crippen LogP contribution < -0.4 is 0 Å². The Labute approximate surface area is 143 Å². The molecule has 0 aliphatic carbocycles. The third kappa shape index (κ3) is 3.83. The number of carbonyl (C=O) groups excluding carboxylic acids is 2. The molecule has 6 heteroatoms. The summed E-state index contributed by atoms with van der Waals surface area (Å²) in [4.78, 5) is 27.5. The molecule has 0 saturated carbocycles. The smallest absolute Gasteiger partial charge is 0.338 e. The van der Waals surface area contributed by atoms with E-state index in [4.69, 9.17) is 9.15 Å². The number of oxazole rings is 1. The SMILES string of the molecule is CC(=O)COC(=O)c1ccccc1CSc1nc2ccccc2o1. The van der Waals surface area contributed by atoms with Crippen LogP contribution in [0.3, 0.4) is 0 Å². The highest BCUT2D eigenvalue weighted by Crippen LogP contribution is 2.27. The van der Waals surface area contributed by atoms with Gasteiger partial charge in [-0.2, -0.15) is 0 Å². The summed E-state index contributed by atoms with van der Waals surface area (Å²) in [5, 5.41) is 0.545. The Kier molecular flexibility index (Phi) is 4.96. The third-order valence-corrected chi connectivity index (χ3v) is 4.15. The number of aromatic nitrogens is 1. The van der Waals surface area contributed by atoms with Crippen molar-refractivity contribution in [3.05, 3.63) is 59.7 Å². The van der Waals surface area contributed by atoms with Crippen molar-refractivity contribution in [3.63, 3.8) is 0 Å². The molecule has 0 aliphatic rings. The Morgan fingerprint density at radius 1 is 1.12 bits per heavy atom. The van der Waals surface area contributed by atoms with Crippen LogP contribution in [0.5, 0.6) is 0 Å². The molecule has 0 aliphatic heterocycles. The molecule has 1 aromatic heterocycles. The first-order chi connectivity index (χ1) is 11.6. The Morgan fingerprint density at radius 3 is 2.67 bits per heavy atom. The quantitative estimate of drug-likeness (QED) is 0.501. The number of ketones is 1. The van der Waals surface area contributed by atoms with Gasteiger partial charge in [-0.25, -0.2) is 9.78 Å². The van der Waals surface area contributed by atoms with Crippen molar-refractivity contribution in [2.45, 2.75) is 17.9 Å². The number of nitrogens with zero attached hydrogens (tertiary/aromatic N) is 1. The summed E-state index contributed by atoms with van der Waals surface area (Å²) in [5.41, 5.74) is 2.78. The summed E-state index contributed by atoms with van der Waals surface area (Å²) in [6.45, 7) is 1.16. The number of fused-ring (bicyclic) bond motifs is 1. The molecule has 0 fully saturated rings. The molecular weight excluding hydrogens is 326 g/mol. The van der Waals surface area contributed by atoms with Crippen molar-refractivity contribution in [1.82, 2.24) is 4.98 Å². The van der Waals surface area contributed by atoms with Gasteiger partial charge >= 0.3 is 5.97 Å². The first kappa shape index (κ1) is 16.3. The van der Waals surface area contributed by atoms with E-state index in [1.165, 1.54) is 18.7 Å². The minimum atomic E-state index is -0.501. The molecule has 5 nitrogen and oxygen atoms in total. The van der Waals surface area contributed by atoms with Crippen LogP contribution in [0, 0.1) is 0 Å². The number of ether oxygens (including phenoxy) is 1. The van der Waals surface area contributed by atoms with Gasteiger partial charge in [0, 0.05) is 5.75 Å². The number of benzene rings is 2. The van der Waals surface area contributed by atoms with E-state index in [-0.39, 0.29) is 12.4 Å². The normalized spacial score (nSPS) is 10.7. The molecule has 0 atom stereocenters. The second-order valence-corrected chi connectivity index (χ2v) is 6.10. The summed E-state index contributed by atoms with van der Waals surface area (Å²) >= 11 is 1.40. The Balaban J connectivity index is 1.73. The van der Waals surface area contributed by atoms with Crippen LogP contribution in [-0.2, 0) is 15.3 Å². The van der Waals surface area contributed by atoms with Crippen LogP contribution in [0.2, 0.25) is 0 Å². The van der Waals surface area contributed by atoms with Crippen LogP contribution in [0.1, 0.15) is 22.8 Å². The van der Waals surface area contributed by atoms with Crippen LogP contribution in [0.25, 0.3) is 11.1 Å². The molecule has 0 amide bonds. The fraction of sp³-hybridized carbons (Fsp3) is 0.167. The van der Waals surface area contributed by atoms with E-state index in [9.17, 15) is 9.59 Å². The van der Waals surface area contributed by atoms with E-state index in [0.717, 1.165) is 16.7 Å². The highest BCUT2D eigenvalue weighted by Gasteiger charge is 2.14. The summed E-state index contributed by atoms with van der Waals surface area (Å²) in [5.74, 6) is -0.182. The van der Waals surface area contributed by atoms with Crippen molar-refractivity contribution in [3.8, 4) is 0 Å². The minimum Gasteiger partial charge on any atom is -0.454 e. The maximum absolute atomic E-state index is 12.1. The van der Waals surface area contributed by atoms with Gasteiger partial charge in [0.05, 0.1) is 5.56 Å². The van der Waals surface area contributed by atoms with Gasteiger partial charge in [0.25, 0.3) is 5.22 Å². The first-order valence-corrected chi connectivity index (χ1v) is 8.35. The topological polar surface area (TPSA) is 69.4 Å². The average Bonchev–Trinajstić information content (AvgIpc) is 3.01. The molecule has 2 aromatic carbocycles. The lowest BCUT2D eigenvalue weighted by Gasteiger charge is -2.07. The molecule has 3 aromatic rings. The number of esters is 1. The van der Waals surface area contributed by atoms with Gasteiger partial charge in [0.1, 0.15) is 12.1 Å². The molecule has 1 heterocycles. The van der Waals surface area contributed by atoms with E-state index >= 15 is 0 Å². The van der Waals surface area contributed by atoms with Gasteiger partial charge in [0.2, 0.25) is 0 Å². The van der Waals surface area contributed by atoms with Gasteiger partial charge in [-0.05, 0) is 30.7 Å². The molecule has 24 heavy (non-hydrogen) atoms. The zero-order valence-corrected chi connectivity index (χ0v) is 13.8.